The van der Waals surface area contributed by atoms with Gasteiger partial charge in [-0.2, -0.15) is 0 Å². The molecule has 2 N–H and O–H groups in total. The van der Waals surface area contributed by atoms with Gasteiger partial charge in [0.25, 0.3) is 5.91 Å². The SMILES string of the molecule is O=C(CN1CCCCC1)Nc1ccc(NC(=O)c2cncs2)cc1. The lowest BCUT2D eigenvalue weighted by molar-refractivity contribution is -0.117. The summed E-state index contributed by atoms with van der Waals surface area (Å²) in [4.78, 5) is 30.6. The molecule has 7 heteroatoms. The first-order valence-electron chi connectivity index (χ1n) is 8.03. The van der Waals surface area contributed by atoms with Crippen LogP contribution in [0, 0.1) is 0 Å². The minimum absolute atomic E-state index is 0.00153. The standard InChI is InChI=1S/C17H20N4O2S/c22-16(11-21-8-2-1-3-9-21)19-13-4-6-14(7-5-13)20-17(23)15-10-18-12-24-15/h4-7,10,12H,1-3,8-9,11H2,(H,19,22)(H,20,23). The summed E-state index contributed by atoms with van der Waals surface area (Å²) in [5, 5.41) is 5.70. The van der Waals surface area contributed by atoms with Gasteiger partial charge in [0.2, 0.25) is 5.91 Å². The molecular weight excluding hydrogens is 324 g/mol. The van der Waals surface area contributed by atoms with Gasteiger partial charge in [-0.3, -0.25) is 19.5 Å². The van der Waals surface area contributed by atoms with E-state index in [9.17, 15) is 9.59 Å². The van der Waals surface area contributed by atoms with E-state index in [1.54, 1.807) is 29.8 Å². The quantitative estimate of drug-likeness (QED) is 0.875. The molecule has 0 aliphatic carbocycles. The Morgan fingerprint density at radius 1 is 1.04 bits per heavy atom. The van der Waals surface area contributed by atoms with Crippen LogP contribution >= 0.6 is 11.3 Å². The van der Waals surface area contributed by atoms with E-state index in [4.69, 9.17) is 0 Å². The van der Waals surface area contributed by atoms with E-state index in [0.29, 0.717) is 17.1 Å². The molecule has 3 rings (SSSR count). The number of anilines is 2. The van der Waals surface area contributed by atoms with Crippen molar-refractivity contribution in [3.8, 4) is 0 Å². The highest BCUT2D eigenvalue weighted by molar-refractivity contribution is 7.11. The average Bonchev–Trinajstić information content (AvgIpc) is 3.12. The largest absolute Gasteiger partial charge is 0.325 e. The number of piperidine rings is 1. The second kappa shape index (κ2) is 8.03. The molecule has 2 aromatic rings. The molecule has 24 heavy (non-hydrogen) atoms. The van der Waals surface area contributed by atoms with Gasteiger partial charge < -0.3 is 10.6 Å². The molecule has 1 aromatic heterocycles. The van der Waals surface area contributed by atoms with Crippen molar-refractivity contribution in [3.05, 3.63) is 40.8 Å². The van der Waals surface area contributed by atoms with Crippen molar-refractivity contribution in [1.82, 2.24) is 9.88 Å². The van der Waals surface area contributed by atoms with Gasteiger partial charge in [-0.25, -0.2) is 0 Å². The Balaban J connectivity index is 1.50. The molecule has 0 atom stereocenters. The van der Waals surface area contributed by atoms with Crippen LogP contribution in [0.4, 0.5) is 11.4 Å². The molecule has 0 bridgehead atoms. The predicted octanol–water partition coefficient (Wildman–Crippen LogP) is 2.82. The number of thiazole rings is 1. The van der Waals surface area contributed by atoms with Crippen LogP contribution < -0.4 is 10.6 Å². The lowest BCUT2D eigenvalue weighted by Crippen LogP contribution is -2.36. The van der Waals surface area contributed by atoms with Gasteiger partial charge in [-0.15, -0.1) is 11.3 Å². The number of nitrogens with one attached hydrogen (secondary N) is 2. The maximum Gasteiger partial charge on any atom is 0.267 e. The fraction of sp³-hybridized carbons (Fsp3) is 0.353. The Morgan fingerprint density at radius 3 is 2.33 bits per heavy atom. The van der Waals surface area contributed by atoms with Crippen LogP contribution in [0.15, 0.2) is 36.0 Å². The third kappa shape index (κ3) is 4.62. The summed E-state index contributed by atoms with van der Waals surface area (Å²) in [6.45, 7) is 2.43. The second-order valence-electron chi connectivity index (χ2n) is 5.78. The van der Waals surface area contributed by atoms with Gasteiger partial charge in [0, 0.05) is 11.4 Å². The van der Waals surface area contributed by atoms with Gasteiger partial charge in [-0.05, 0) is 50.2 Å². The molecule has 126 valence electrons. The molecule has 0 saturated carbocycles. The van der Waals surface area contributed by atoms with Gasteiger partial charge in [0.15, 0.2) is 0 Å². The highest BCUT2D eigenvalue weighted by Gasteiger charge is 2.14. The Labute approximate surface area is 144 Å². The third-order valence-electron chi connectivity index (χ3n) is 3.90. The number of benzene rings is 1. The van der Waals surface area contributed by atoms with E-state index >= 15 is 0 Å². The number of likely N-dealkylation sites (tertiary alicyclic amines) is 1. The summed E-state index contributed by atoms with van der Waals surface area (Å²) < 4.78 is 0. The third-order valence-corrected chi connectivity index (χ3v) is 4.67. The normalized spacial score (nSPS) is 15.0. The number of hydrogen-bond acceptors (Lipinski definition) is 5. The maximum absolute atomic E-state index is 12.1. The van der Waals surface area contributed by atoms with Crippen molar-refractivity contribution >= 4 is 34.5 Å². The topological polar surface area (TPSA) is 74.3 Å². The summed E-state index contributed by atoms with van der Waals surface area (Å²) in [6.07, 6.45) is 5.13. The molecular formula is C17H20N4O2S. The zero-order valence-electron chi connectivity index (χ0n) is 13.3. The lowest BCUT2D eigenvalue weighted by atomic mass is 10.1. The zero-order chi connectivity index (χ0) is 16.8. The monoisotopic (exact) mass is 344 g/mol. The van der Waals surface area contributed by atoms with Gasteiger partial charge in [0.05, 0.1) is 18.3 Å². The molecule has 6 nitrogen and oxygen atoms in total. The van der Waals surface area contributed by atoms with Crippen molar-refractivity contribution in [3.63, 3.8) is 0 Å². The van der Waals surface area contributed by atoms with E-state index in [2.05, 4.69) is 20.5 Å². The Kier molecular flexibility index (Phi) is 5.55. The summed E-state index contributed by atoms with van der Waals surface area (Å²) in [6, 6.07) is 7.12. The van der Waals surface area contributed by atoms with Crippen LogP contribution in [0.1, 0.15) is 28.9 Å². The number of hydrogen-bond donors (Lipinski definition) is 2. The lowest BCUT2D eigenvalue weighted by Gasteiger charge is -2.25. The molecule has 2 heterocycles. The molecule has 1 aromatic carbocycles. The first-order chi connectivity index (χ1) is 11.7. The first-order valence-corrected chi connectivity index (χ1v) is 8.91. The molecule has 0 unspecified atom stereocenters. The van der Waals surface area contributed by atoms with E-state index in [1.807, 2.05) is 0 Å². The Bertz CT molecular complexity index is 679. The number of amides is 2. The molecule has 1 aliphatic heterocycles. The number of carbonyl (C=O) groups excluding carboxylic acids is 2. The van der Waals surface area contributed by atoms with Crippen LogP contribution in [0.2, 0.25) is 0 Å². The summed E-state index contributed by atoms with van der Waals surface area (Å²) >= 11 is 1.29. The minimum atomic E-state index is -0.181. The number of nitrogens with zero attached hydrogens (tertiary/aromatic N) is 2. The van der Waals surface area contributed by atoms with Crippen LogP contribution in [-0.4, -0.2) is 41.3 Å². The highest BCUT2D eigenvalue weighted by atomic mass is 32.1. The molecule has 2 amide bonds. The van der Waals surface area contributed by atoms with Crippen molar-refractivity contribution in [2.45, 2.75) is 19.3 Å². The number of carbonyl (C=O) groups is 2. The van der Waals surface area contributed by atoms with Crippen LogP contribution in [0.5, 0.6) is 0 Å². The number of rotatable bonds is 5. The minimum Gasteiger partial charge on any atom is -0.325 e. The number of aromatic nitrogens is 1. The van der Waals surface area contributed by atoms with E-state index in [0.717, 1.165) is 18.8 Å². The van der Waals surface area contributed by atoms with Gasteiger partial charge in [0.1, 0.15) is 4.88 Å². The first kappa shape index (κ1) is 16.6. The predicted molar refractivity (Wildman–Crippen MR) is 95.4 cm³/mol. The van der Waals surface area contributed by atoms with Gasteiger partial charge in [-0.1, -0.05) is 6.42 Å². The summed E-state index contributed by atoms with van der Waals surface area (Å²) in [7, 11) is 0. The summed E-state index contributed by atoms with van der Waals surface area (Å²) in [5.74, 6) is -0.183. The second-order valence-corrected chi connectivity index (χ2v) is 6.67. The van der Waals surface area contributed by atoms with Crippen LogP contribution in [0.25, 0.3) is 0 Å². The summed E-state index contributed by atoms with van der Waals surface area (Å²) in [5.41, 5.74) is 3.03. The van der Waals surface area contributed by atoms with E-state index in [1.165, 1.54) is 36.8 Å². The van der Waals surface area contributed by atoms with E-state index < -0.39 is 0 Å². The molecule has 1 saturated heterocycles. The molecule has 1 fully saturated rings. The van der Waals surface area contributed by atoms with Crippen molar-refractivity contribution < 1.29 is 9.59 Å². The Morgan fingerprint density at radius 2 is 1.71 bits per heavy atom. The zero-order valence-corrected chi connectivity index (χ0v) is 14.1. The van der Waals surface area contributed by atoms with Crippen LogP contribution in [0.3, 0.4) is 0 Å². The van der Waals surface area contributed by atoms with E-state index in [-0.39, 0.29) is 11.8 Å². The smallest absolute Gasteiger partial charge is 0.267 e. The van der Waals surface area contributed by atoms with Gasteiger partial charge >= 0.3 is 0 Å². The maximum atomic E-state index is 12.1. The molecule has 0 spiro atoms. The van der Waals surface area contributed by atoms with Crippen molar-refractivity contribution in [2.24, 2.45) is 0 Å². The fourth-order valence-electron chi connectivity index (χ4n) is 2.68. The fourth-order valence-corrected chi connectivity index (χ4v) is 3.19. The average molecular weight is 344 g/mol. The van der Waals surface area contributed by atoms with Crippen LogP contribution in [-0.2, 0) is 4.79 Å². The highest BCUT2D eigenvalue weighted by Crippen LogP contribution is 2.16. The van der Waals surface area contributed by atoms with Crippen molar-refractivity contribution in [1.29, 1.82) is 0 Å². The Hall–Kier alpha value is -2.25. The molecule has 1 aliphatic rings. The molecule has 0 radical (unpaired) electrons. The van der Waals surface area contributed by atoms with Crippen molar-refractivity contribution in [2.75, 3.05) is 30.3 Å².